The van der Waals surface area contributed by atoms with Crippen LogP contribution >= 0.6 is 0 Å². The van der Waals surface area contributed by atoms with Gasteiger partial charge in [-0.15, -0.1) is 0 Å². The maximum atomic E-state index is 10.8. The molecule has 0 spiro atoms. The minimum Gasteiger partial charge on any atom is -0.545 e. The zero-order valence-corrected chi connectivity index (χ0v) is 14.1. The molecule has 0 bridgehead atoms. The third-order valence-corrected chi connectivity index (χ3v) is 4.03. The summed E-state index contributed by atoms with van der Waals surface area (Å²) in [6.07, 6.45) is 9.99. The first-order valence-corrected chi connectivity index (χ1v) is 8.75. The van der Waals surface area contributed by atoms with E-state index in [4.69, 9.17) is 0 Å². The number of unbranched alkanes of at least 4 members (excludes halogenated alkanes) is 6. The number of rotatable bonds is 12. The van der Waals surface area contributed by atoms with E-state index in [9.17, 15) is 9.90 Å². The molecule has 1 rings (SSSR count). The first kappa shape index (κ1) is 18.5. The second kappa shape index (κ2) is 11.1. The van der Waals surface area contributed by atoms with Crippen LogP contribution in [-0.2, 0) is 0 Å². The van der Waals surface area contributed by atoms with Gasteiger partial charge in [-0.25, -0.2) is 0 Å². The van der Waals surface area contributed by atoms with Gasteiger partial charge in [-0.05, 0) is 30.5 Å². The summed E-state index contributed by atoms with van der Waals surface area (Å²) >= 11 is 0. The lowest BCUT2D eigenvalue weighted by Crippen LogP contribution is -2.26. The summed E-state index contributed by atoms with van der Waals surface area (Å²) in [6, 6.07) is 7.11. The Morgan fingerprint density at radius 1 is 0.864 bits per heavy atom. The largest absolute Gasteiger partial charge is 0.545 e. The van der Waals surface area contributed by atoms with Crippen molar-refractivity contribution in [1.82, 2.24) is 0 Å². The number of carboxylic acid groups (broad SMARTS) is 1. The molecule has 0 aliphatic rings. The molecule has 0 saturated carbocycles. The maximum Gasteiger partial charge on any atom is 0.0715 e. The standard InChI is InChI=1S/C19H31NO2/c1-3-5-7-9-15-20(16-10-8-6-4-2)18-13-11-17(12-14-18)19(21)22/h11-14H,3-10,15-16H2,1-2H3,(H,21,22)/p-1. The van der Waals surface area contributed by atoms with Crippen molar-refractivity contribution >= 4 is 11.7 Å². The van der Waals surface area contributed by atoms with Gasteiger partial charge in [0.25, 0.3) is 0 Å². The Morgan fingerprint density at radius 3 is 1.77 bits per heavy atom. The van der Waals surface area contributed by atoms with Crippen molar-refractivity contribution in [3.8, 4) is 0 Å². The van der Waals surface area contributed by atoms with E-state index in [0.717, 1.165) is 18.8 Å². The van der Waals surface area contributed by atoms with Crippen LogP contribution < -0.4 is 10.0 Å². The molecule has 0 atom stereocenters. The van der Waals surface area contributed by atoms with Crippen LogP contribution in [0.2, 0.25) is 0 Å². The van der Waals surface area contributed by atoms with Crippen LogP contribution in [-0.4, -0.2) is 19.1 Å². The van der Waals surface area contributed by atoms with Crippen LogP contribution in [0, 0.1) is 0 Å². The van der Waals surface area contributed by atoms with E-state index in [-0.39, 0.29) is 5.56 Å². The van der Waals surface area contributed by atoms with Crippen molar-refractivity contribution < 1.29 is 9.90 Å². The third kappa shape index (κ3) is 6.97. The normalized spacial score (nSPS) is 10.6. The minimum absolute atomic E-state index is 0.251. The number of hydrogen-bond donors (Lipinski definition) is 0. The third-order valence-electron chi connectivity index (χ3n) is 4.03. The summed E-state index contributed by atoms with van der Waals surface area (Å²) in [4.78, 5) is 13.2. The van der Waals surface area contributed by atoms with E-state index < -0.39 is 5.97 Å². The van der Waals surface area contributed by atoms with Crippen molar-refractivity contribution in [3.05, 3.63) is 29.8 Å². The van der Waals surface area contributed by atoms with Gasteiger partial charge in [0.1, 0.15) is 0 Å². The van der Waals surface area contributed by atoms with E-state index in [1.165, 1.54) is 51.4 Å². The van der Waals surface area contributed by atoms with Crippen molar-refractivity contribution in [2.45, 2.75) is 65.2 Å². The quantitative estimate of drug-likeness (QED) is 0.548. The van der Waals surface area contributed by atoms with Crippen LogP contribution in [0.5, 0.6) is 0 Å². The minimum atomic E-state index is -1.11. The molecular formula is C19H30NO2-. The molecule has 22 heavy (non-hydrogen) atoms. The highest BCUT2D eigenvalue weighted by molar-refractivity contribution is 5.86. The average Bonchev–Trinajstić information content (AvgIpc) is 2.53. The molecule has 0 saturated heterocycles. The van der Waals surface area contributed by atoms with Crippen molar-refractivity contribution in [2.24, 2.45) is 0 Å². The van der Waals surface area contributed by atoms with Gasteiger partial charge in [0.15, 0.2) is 0 Å². The van der Waals surface area contributed by atoms with Gasteiger partial charge < -0.3 is 14.8 Å². The number of benzene rings is 1. The van der Waals surface area contributed by atoms with E-state index in [1.54, 1.807) is 12.1 Å². The summed E-state index contributed by atoms with van der Waals surface area (Å²) in [7, 11) is 0. The smallest absolute Gasteiger partial charge is 0.0715 e. The number of hydrogen-bond acceptors (Lipinski definition) is 3. The second-order valence-corrected chi connectivity index (χ2v) is 5.94. The second-order valence-electron chi connectivity index (χ2n) is 5.94. The van der Waals surface area contributed by atoms with E-state index in [0.29, 0.717) is 0 Å². The Labute approximate surface area is 135 Å². The van der Waals surface area contributed by atoms with Crippen LogP contribution in [0.4, 0.5) is 5.69 Å². The lowest BCUT2D eigenvalue weighted by Gasteiger charge is -2.25. The van der Waals surface area contributed by atoms with Gasteiger partial charge in [-0.2, -0.15) is 0 Å². The fourth-order valence-electron chi connectivity index (χ4n) is 2.64. The van der Waals surface area contributed by atoms with Crippen LogP contribution in [0.1, 0.15) is 75.6 Å². The first-order valence-electron chi connectivity index (χ1n) is 8.75. The molecule has 124 valence electrons. The number of carbonyl (C=O) groups is 1. The molecule has 0 fully saturated rings. The molecule has 1 aromatic carbocycles. The summed E-state index contributed by atoms with van der Waals surface area (Å²) < 4.78 is 0. The Balaban J connectivity index is 2.59. The predicted molar refractivity (Wildman–Crippen MR) is 91.3 cm³/mol. The van der Waals surface area contributed by atoms with Gasteiger partial charge in [-0.3, -0.25) is 0 Å². The van der Waals surface area contributed by atoms with Gasteiger partial charge >= 0.3 is 0 Å². The molecule has 0 N–H and O–H groups in total. The fourth-order valence-corrected chi connectivity index (χ4v) is 2.64. The van der Waals surface area contributed by atoms with Gasteiger partial charge in [0.05, 0.1) is 5.97 Å². The highest BCUT2D eigenvalue weighted by Crippen LogP contribution is 2.18. The van der Waals surface area contributed by atoms with E-state index in [2.05, 4.69) is 18.7 Å². The monoisotopic (exact) mass is 304 g/mol. The number of carbonyl (C=O) groups excluding carboxylic acids is 1. The van der Waals surface area contributed by atoms with Crippen molar-refractivity contribution in [1.29, 1.82) is 0 Å². The SMILES string of the molecule is CCCCCCN(CCCCCC)c1ccc(C(=O)[O-])cc1. The number of nitrogens with zero attached hydrogens (tertiary/aromatic N) is 1. The summed E-state index contributed by atoms with van der Waals surface area (Å²) in [6.45, 7) is 6.55. The first-order chi connectivity index (χ1) is 10.7. The molecular weight excluding hydrogens is 274 g/mol. The van der Waals surface area contributed by atoms with Crippen LogP contribution in [0.15, 0.2) is 24.3 Å². The van der Waals surface area contributed by atoms with Crippen LogP contribution in [0.25, 0.3) is 0 Å². The average molecular weight is 304 g/mol. The molecule has 0 aliphatic carbocycles. The highest BCUT2D eigenvalue weighted by atomic mass is 16.4. The van der Waals surface area contributed by atoms with Crippen molar-refractivity contribution in [3.63, 3.8) is 0 Å². The van der Waals surface area contributed by atoms with Gasteiger partial charge in [-0.1, -0.05) is 64.5 Å². The molecule has 3 nitrogen and oxygen atoms in total. The Bertz CT molecular complexity index is 402. The molecule has 0 amide bonds. The zero-order chi connectivity index (χ0) is 16.2. The molecule has 0 unspecified atom stereocenters. The Kier molecular flexibility index (Phi) is 9.36. The van der Waals surface area contributed by atoms with Gasteiger partial charge in [0, 0.05) is 18.8 Å². The van der Waals surface area contributed by atoms with Crippen LogP contribution in [0.3, 0.4) is 0 Å². The topological polar surface area (TPSA) is 43.4 Å². The maximum absolute atomic E-state index is 10.8. The molecule has 0 radical (unpaired) electrons. The summed E-state index contributed by atoms with van der Waals surface area (Å²) in [5, 5.41) is 10.8. The fraction of sp³-hybridized carbons (Fsp3) is 0.632. The number of carboxylic acids is 1. The Hall–Kier alpha value is -1.51. The van der Waals surface area contributed by atoms with Crippen molar-refractivity contribution in [2.75, 3.05) is 18.0 Å². The summed E-state index contributed by atoms with van der Waals surface area (Å²) in [5.74, 6) is -1.11. The van der Waals surface area contributed by atoms with Gasteiger partial charge in [0.2, 0.25) is 0 Å². The number of aromatic carboxylic acids is 1. The lowest BCUT2D eigenvalue weighted by atomic mass is 10.1. The molecule has 0 aromatic heterocycles. The Morgan fingerprint density at radius 2 is 1.36 bits per heavy atom. The zero-order valence-electron chi connectivity index (χ0n) is 14.1. The summed E-state index contributed by atoms with van der Waals surface area (Å²) in [5.41, 5.74) is 1.37. The lowest BCUT2D eigenvalue weighted by molar-refractivity contribution is -0.255. The highest BCUT2D eigenvalue weighted by Gasteiger charge is 2.06. The van der Waals surface area contributed by atoms with E-state index >= 15 is 0 Å². The molecule has 0 aliphatic heterocycles. The van der Waals surface area contributed by atoms with E-state index in [1.807, 2.05) is 12.1 Å². The molecule has 1 aromatic rings. The molecule has 0 heterocycles. The predicted octanol–water partition coefficient (Wildman–Crippen LogP) is 4.02. The molecule has 3 heteroatoms. The number of anilines is 1.